The molecule has 0 spiro atoms. The SMILES string of the molecule is Cc1ccc(C)c(NC(=O)[C@H](C)S[C@H](C)c2nc3scc(-c4ccco4)c3c(=O)[nH]2)c1. The summed E-state index contributed by atoms with van der Waals surface area (Å²) >= 11 is 2.86. The molecule has 31 heavy (non-hydrogen) atoms. The molecule has 0 fully saturated rings. The molecule has 0 radical (unpaired) electrons. The molecule has 8 heteroatoms. The van der Waals surface area contributed by atoms with Gasteiger partial charge in [-0.3, -0.25) is 9.59 Å². The molecular formula is C23H23N3O3S2. The van der Waals surface area contributed by atoms with Crippen molar-refractivity contribution >= 4 is 44.9 Å². The molecule has 0 bridgehead atoms. The zero-order valence-corrected chi connectivity index (χ0v) is 19.3. The Labute approximate surface area is 188 Å². The van der Waals surface area contributed by atoms with E-state index in [0.717, 1.165) is 22.4 Å². The molecule has 0 unspecified atom stereocenters. The molecule has 0 saturated carbocycles. The summed E-state index contributed by atoms with van der Waals surface area (Å²) in [5.74, 6) is 1.12. The average Bonchev–Trinajstić information content (AvgIpc) is 3.40. The number of benzene rings is 1. The fourth-order valence-electron chi connectivity index (χ4n) is 3.31. The molecule has 3 aromatic heterocycles. The first-order valence-electron chi connectivity index (χ1n) is 9.92. The van der Waals surface area contributed by atoms with E-state index in [0.29, 0.717) is 21.8 Å². The molecule has 0 aliphatic rings. The van der Waals surface area contributed by atoms with E-state index in [-0.39, 0.29) is 22.0 Å². The number of hydrogen-bond acceptors (Lipinski definition) is 6. The summed E-state index contributed by atoms with van der Waals surface area (Å²) in [6.45, 7) is 7.77. The molecule has 2 atom stereocenters. The van der Waals surface area contributed by atoms with Gasteiger partial charge in [0.2, 0.25) is 5.91 Å². The van der Waals surface area contributed by atoms with Crippen LogP contribution in [0.25, 0.3) is 21.5 Å². The second-order valence-corrected chi connectivity index (χ2v) is 10.0. The standard InChI is InChI=1S/C23H23N3O3S2/c1-12-7-8-13(2)17(10-12)24-21(27)15(4)31-14(3)20-25-22(28)19-16(11-30-23(19)26-20)18-6-5-9-29-18/h5-11,14-15H,1-4H3,(H,24,27)(H,25,26,28)/t14-,15+/m1/s1. The third-order valence-corrected chi connectivity index (χ3v) is 7.19. The molecule has 6 nitrogen and oxygen atoms in total. The van der Waals surface area contributed by atoms with E-state index in [1.165, 1.54) is 23.1 Å². The molecule has 0 aliphatic heterocycles. The van der Waals surface area contributed by atoms with Gasteiger partial charge in [-0.05, 0) is 57.0 Å². The van der Waals surface area contributed by atoms with Crippen LogP contribution in [0.15, 0.2) is 51.2 Å². The van der Waals surface area contributed by atoms with Crippen molar-refractivity contribution in [2.45, 2.75) is 38.2 Å². The molecule has 2 N–H and O–H groups in total. The number of anilines is 1. The number of carbonyl (C=O) groups is 1. The number of nitrogens with zero attached hydrogens (tertiary/aromatic N) is 1. The summed E-state index contributed by atoms with van der Waals surface area (Å²) in [6, 6.07) is 9.59. The minimum absolute atomic E-state index is 0.0785. The van der Waals surface area contributed by atoms with Gasteiger partial charge in [0.15, 0.2) is 0 Å². The highest BCUT2D eigenvalue weighted by molar-refractivity contribution is 8.00. The zero-order valence-electron chi connectivity index (χ0n) is 17.7. The monoisotopic (exact) mass is 453 g/mol. The van der Waals surface area contributed by atoms with Gasteiger partial charge in [-0.25, -0.2) is 4.98 Å². The highest BCUT2D eigenvalue weighted by Crippen LogP contribution is 2.34. The number of aryl methyl sites for hydroxylation is 2. The van der Waals surface area contributed by atoms with E-state index in [9.17, 15) is 9.59 Å². The van der Waals surface area contributed by atoms with Crippen molar-refractivity contribution in [2.24, 2.45) is 0 Å². The summed E-state index contributed by atoms with van der Waals surface area (Å²) in [7, 11) is 0. The van der Waals surface area contributed by atoms with E-state index < -0.39 is 0 Å². The van der Waals surface area contributed by atoms with Gasteiger partial charge in [0, 0.05) is 16.6 Å². The zero-order chi connectivity index (χ0) is 22.1. The van der Waals surface area contributed by atoms with Crippen LogP contribution in [0.5, 0.6) is 0 Å². The van der Waals surface area contributed by atoms with Crippen LogP contribution in [-0.4, -0.2) is 21.1 Å². The normalized spacial score (nSPS) is 13.3. The van der Waals surface area contributed by atoms with Gasteiger partial charge >= 0.3 is 0 Å². The van der Waals surface area contributed by atoms with Gasteiger partial charge in [-0.1, -0.05) is 12.1 Å². The van der Waals surface area contributed by atoms with Crippen LogP contribution in [-0.2, 0) is 4.79 Å². The second-order valence-electron chi connectivity index (χ2n) is 7.49. The Kier molecular flexibility index (Phi) is 6.02. The molecule has 160 valence electrons. The van der Waals surface area contributed by atoms with Crippen LogP contribution in [0.3, 0.4) is 0 Å². The van der Waals surface area contributed by atoms with Gasteiger partial charge in [-0.15, -0.1) is 23.1 Å². The Morgan fingerprint density at radius 3 is 2.81 bits per heavy atom. The number of fused-ring (bicyclic) bond motifs is 1. The summed E-state index contributed by atoms with van der Waals surface area (Å²) in [5, 5.41) is 4.94. The Balaban J connectivity index is 1.51. The highest BCUT2D eigenvalue weighted by atomic mass is 32.2. The fraction of sp³-hybridized carbons (Fsp3) is 0.261. The summed E-state index contributed by atoms with van der Waals surface area (Å²) in [6.07, 6.45) is 1.58. The van der Waals surface area contributed by atoms with Crippen molar-refractivity contribution in [2.75, 3.05) is 5.32 Å². The number of furan rings is 1. The van der Waals surface area contributed by atoms with Crippen LogP contribution < -0.4 is 10.9 Å². The Bertz CT molecular complexity index is 1290. The Hall–Kier alpha value is -2.84. The van der Waals surface area contributed by atoms with Gasteiger partial charge in [-0.2, -0.15) is 0 Å². The smallest absolute Gasteiger partial charge is 0.260 e. The molecular weight excluding hydrogens is 430 g/mol. The van der Waals surface area contributed by atoms with Gasteiger partial charge in [0.25, 0.3) is 5.56 Å². The third-order valence-electron chi connectivity index (χ3n) is 5.06. The van der Waals surface area contributed by atoms with E-state index >= 15 is 0 Å². The van der Waals surface area contributed by atoms with E-state index in [1.54, 1.807) is 12.3 Å². The lowest BCUT2D eigenvalue weighted by atomic mass is 10.1. The van der Waals surface area contributed by atoms with Crippen molar-refractivity contribution < 1.29 is 9.21 Å². The Morgan fingerprint density at radius 1 is 1.26 bits per heavy atom. The van der Waals surface area contributed by atoms with Crippen LogP contribution in [0.2, 0.25) is 0 Å². The number of rotatable bonds is 6. The summed E-state index contributed by atoms with van der Waals surface area (Å²) in [5.41, 5.74) is 3.47. The minimum Gasteiger partial charge on any atom is -0.464 e. The third kappa shape index (κ3) is 4.45. The largest absolute Gasteiger partial charge is 0.464 e. The van der Waals surface area contributed by atoms with Gasteiger partial charge in [0.1, 0.15) is 16.4 Å². The number of thioether (sulfide) groups is 1. The first-order valence-corrected chi connectivity index (χ1v) is 11.7. The van der Waals surface area contributed by atoms with Crippen molar-refractivity contribution in [1.29, 1.82) is 0 Å². The maximum absolute atomic E-state index is 12.8. The number of aromatic nitrogens is 2. The molecule has 0 saturated heterocycles. The topological polar surface area (TPSA) is 88.0 Å². The number of thiophene rings is 1. The van der Waals surface area contributed by atoms with Crippen molar-refractivity contribution in [3.05, 3.63) is 69.3 Å². The lowest BCUT2D eigenvalue weighted by Crippen LogP contribution is -2.24. The molecule has 0 aliphatic carbocycles. The number of hydrogen-bond donors (Lipinski definition) is 2. The average molecular weight is 454 g/mol. The van der Waals surface area contributed by atoms with E-state index in [4.69, 9.17) is 4.42 Å². The quantitative estimate of drug-likeness (QED) is 0.392. The number of nitrogens with one attached hydrogen (secondary N) is 2. The molecule has 1 amide bonds. The van der Waals surface area contributed by atoms with Crippen LogP contribution >= 0.6 is 23.1 Å². The number of amides is 1. The maximum atomic E-state index is 12.8. The summed E-state index contributed by atoms with van der Waals surface area (Å²) in [4.78, 5) is 33.7. The second kappa shape index (κ2) is 8.72. The fourth-order valence-corrected chi connectivity index (χ4v) is 5.28. The molecule has 4 aromatic rings. The highest BCUT2D eigenvalue weighted by Gasteiger charge is 2.22. The predicted molar refractivity (Wildman–Crippen MR) is 128 cm³/mol. The van der Waals surface area contributed by atoms with Crippen LogP contribution in [0, 0.1) is 13.8 Å². The lowest BCUT2D eigenvalue weighted by Gasteiger charge is -2.17. The number of aromatic amines is 1. The first-order chi connectivity index (χ1) is 14.8. The maximum Gasteiger partial charge on any atom is 0.260 e. The first kappa shape index (κ1) is 21.4. The molecule has 3 heterocycles. The van der Waals surface area contributed by atoms with E-state index in [2.05, 4.69) is 15.3 Å². The predicted octanol–water partition coefficient (Wildman–Crippen LogP) is 5.68. The number of H-pyrrole nitrogens is 1. The molecule has 1 aromatic carbocycles. The van der Waals surface area contributed by atoms with E-state index in [1.807, 2.05) is 57.3 Å². The van der Waals surface area contributed by atoms with Crippen LogP contribution in [0.1, 0.15) is 36.0 Å². The number of carbonyl (C=O) groups excluding carboxylic acids is 1. The van der Waals surface area contributed by atoms with Crippen molar-refractivity contribution in [3.8, 4) is 11.3 Å². The van der Waals surface area contributed by atoms with Crippen molar-refractivity contribution in [3.63, 3.8) is 0 Å². The lowest BCUT2D eigenvalue weighted by molar-refractivity contribution is -0.115. The van der Waals surface area contributed by atoms with Gasteiger partial charge < -0.3 is 14.7 Å². The summed E-state index contributed by atoms with van der Waals surface area (Å²) < 4.78 is 5.44. The van der Waals surface area contributed by atoms with Gasteiger partial charge in [0.05, 0.1) is 22.1 Å². The minimum atomic E-state index is -0.321. The van der Waals surface area contributed by atoms with Crippen molar-refractivity contribution in [1.82, 2.24) is 9.97 Å². The Morgan fingerprint density at radius 2 is 2.06 bits per heavy atom. The molecule has 4 rings (SSSR count). The van der Waals surface area contributed by atoms with Crippen LogP contribution in [0.4, 0.5) is 5.69 Å².